The van der Waals surface area contributed by atoms with Crippen LogP contribution in [0, 0.1) is 29.1 Å². The molecule has 0 saturated carbocycles. The highest BCUT2D eigenvalue weighted by Gasteiger charge is 2.23. The smallest absolute Gasteiger partial charge is 0.179 e. The van der Waals surface area contributed by atoms with E-state index in [2.05, 4.69) is 13.1 Å². The molecule has 1 unspecified atom stereocenters. The second kappa shape index (κ2) is 7.84. The summed E-state index contributed by atoms with van der Waals surface area (Å²) in [6, 6.07) is 3.84. The Balaban J connectivity index is 1.82. The maximum atomic E-state index is 13.8. The first-order chi connectivity index (χ1) is 11.3. The van der Waals surface area contributed by atoms with E-state index in [0.29, 0.717) is 24.2 Å². The number of ether oxygens (including phenoxy) is 1. The number of nitriles is 1. The molecule has 0 radical (unpaired) electrons. The molecule has 1 heterocycles. The van der Waals surface area contributed by atoms with Gasteiger partial charge in [-0.2, -0.15) is 5.26 Å². The number of hydrogen-bond acceptors (Lipinski definition) is 5. The zero-order chi connectivity index (χ0) is 17.7. The van der Waals surface area contributed by atoms with Gasteiger partial charge in [0, 0.05) is 25.4 Å². The van der Waals surface area contributed by atoms with Crippen LogP contribution in [0.15, 0.2) is 23.1 Å². The molecule has 0 aromatic heterocycles. The van der Waals surface area contributed by atoms with E-state index in [-0.39, 0.29) is 4.90 Å². The summed E-state index contributed by atoms with van der Waals surface area (Å²) in [4.78, 5) is 1.47. The van der Waals surface area contributed by atoms with Gasteiger partial charge in [-0.05, 0) is 43.2 Å². The average molecular weight is 354 g/mol. The summed E-state index contributed by atoms with van der Waals surface area (Å²) in [5.74, 6) is 0.590. The number of likely N-dealkylation sites (tertiary alicyclic amines) is 1. The SMILES string of the molecule is CC(CCOc1ccc(S(C)(=O)=O)c(F)c1)C1CCN(C#N)CC1. The largest absolute Gasteiger partial charge is 0.493 e. The second-order valence-electron chi connectivity index (χ2n) is 6.40. The molecular formula is C17H23FN2O3S. The van der Waals surface area contributed by atoms with Gasteiger partial charge in [0.25, 0.3) is 0 Å². The third-order valence-corrected chi connectivity index (χ3v) is 5.76. The van der Waals surface area contributed by atoms with Crippen LogP contribution in [0.5, 0.6) is 5.75 Å². The molecule has 0 aliphatic carbocycles. The number of benzene rings is 1. The third kappa shape index (κ3) is 4.84. The number of halogens is 1. The van der Waals surface area contributed by atoms with Crippen LogP contribution in [0.4, 0.5) is 4.39 Å². The summed E-state index contributed by atoms with van der Waals surface area (Å²) in [5.41, 5.74) is 0. The van der Waals surface area contributed by atoms with Crippen molar-refractivity contribution in [3.05, 3.63) is 24.0 Å². The quantitative estimate of drug-likeness (QED) is 0.735. The standard InChI is InChI=1S/C17H23FN2O3S/c1-13(14-5-8-20(12-19)9-6-14)7-10-23-15-3-4-17(16(18)11-15)24(2,21)22/h3-4,11,13-14H,5-10H2,1-2H3. The highest BCUT2D eigenvalue weighted by molar-refractivity contribution is 7.90. The summed E-state index contributed by atoms with van der Waals surface area (Å²) < 4.78 is 42.1. The molecule has 1 aliphatic rings. The Morgan fingerprint density at radius 1 is 1.42 bits per heavy atom. The summed E-state index contributed by atoms with van der Waals surface area (Å²) in [6.07, 6.45) is 6.01. The minimum absolute atomic E-state index is 0.313. The fraction of sp³-hybridized carbons (Fsp3) is 0.588. The van der Waals surface area contributed by atoms with Crippen LogP contribution in [-0.4, -0.2) is 39.3 Å². The molecule has 0 bridgehead atoms. The van der Waals surface area contributed by atoms with Gasteiger partial charge in [0.15, 0.2) is 16.0 Å². The first kappa shape index (κ1) is 18.5. The molecule has 0 amide bonds. The van der Waals surface area contributed by atoms with Crippen molar-refractivity contribution in [1.82, 2.24) is 4.90 Å². The molecule has 1 aliphatic heterocycles. The van der Waals surface area contributed by atoms with E-state index < -0.39 is 15.7 Å². The normalized spacial score (nSPS) is 17.3. The van der Waals surface area contributed by atoms with E-state index >= 15 is 0 Å². The minimum Gasteiger partial charge on any atom is -0.493 e. The second-order valence-corrected chi connectivity index (χ2v) is 8.39. The predicted molar refractivity (Wildman–Crippen MR) is 88.7 cm³/mol. The highest BCUT2D eigenvalue weighted by atomic mass is 32.2. The van der Waals surface area contributed by atoms with Crippen molar-refractivity contribution in [2.75, 3.05) is 26.0 Å². The topological polar surface area (TPSA) is 70.4 Å². The fourth-order valence-electron chi connectivity index (χ4n) is 3.04. The van der Waals surface area contributed by atoms with Crippen LogP contribution in [0.1, 0.15) is 26.2 Å². The van der Waals surface area contributed by atoms with Gasteiger partial charge in [0.1, 0.15) is 16.5 Å². The van der Waals surface area contributed by atoms with Crippen molar-refractivity contribution in [3.63, 3.8) is 0 Å². The number of nitrogens with zero attached hydrogens (tertiary/aromatic N) is 2. The average Bonchev–Trinajstić information content (AvgIpc) is 2.53. The van der Waals surface area contributed by atoms with E-state index in [0.717, 1.165) is 44.7 Å². The zero-order valence-corrected chi connectivity index (χ0v) is 14.9. The molecule has 0 N–H and O–H groups in total. The van der Waals surface area contributed by atoms with Crippen molar-refractivity contribution in [2.24, 2.45) is 11.8 Å². The van der Waals surface area contributed by atoms with Crippen molar-refractivity contribution in [3.8, 4) is 11.9 Å². The van der Waals surface area contributed by atoms with Gasteiger partial charge in [0.05, 0.1) is 6.61 Å². The monoisotopic (exact) mass is 354 g/mol. The highest BCUT2D eigenvalue weighted by Crippen LogP contribution is 2.27. The van der Waals surface area contributed by atoms with Crippen molar-refractivity contribution >= 4 is 9.84 Å². The lowest BCUT2D eigenvalue weighted by Gasteiger charge is -2.32. The predicted octanol–water partition coefficient (Wildman–Crippen LogP) is 2.83. The van der Waals surface area contributed by atoms with E-state index in [9.17, 15) is 12.8 Å². The lowest BCUT2D eigenvalue weighted by Crippen LogP contribution is -2.32. The lowest BCUT2D eigenvalue weighted by atomic mass is 9.84. The van der Waals surface area contributed by atoms with Gasteiger partial charge in [-0.1, -0.05) is 6.92 Å². The molecular weight excluding hydrogens is 331 g/mol. The molecule has 1 saturated heterocycles. The van der Waals surface area contributed by atoms with Crippen molar-refractivity contribution < 1.29 is 17.5 Å². The maximum Gasteiger partial charge on any atom is 0.179 e. The van der Waals surface area contributed by atoms with E-state index in [4.69, 9.17) is 10.00 Å². The number of rotatable bonds is 6. The number of sulfone groups is 1. The van der Waals surface area contributed by atoms with Gasteiger partial charge in [0.2, 0.25) is 0 Å². The number of piperidine rings is 1. The Hall–Kier alpha value is -1.81. The van der Waals surface area contributed by atoms with Gasteiger partial charge in [-0.3, -0.25) is 0 Å². The first-order valence-corrected chi connectivity index (χ1v) is 9.97. The molecule has 1 atom stereocenters. The van der Waals surface area contributed by atoms with Crippen LogP contribution < -0.4 is 4.74 Å². The third-order valence-electron chi connectivity index (χ3n) is 4.63. The molecule has 2 rings (SSSR count). The fourth-order valence-corrected chi connectivity index (χ4v) is 3.77. The van der Waals surface area contributed by atoms with Crippen LogP contribution in [0.3, 0.4) is 0 Å². The summed E-state index contributed by atoms with van der Waals surface area (Å²) in [5, 5.41) is 8.86. The summed E-state index contributed by atoms with van der Waals surface area (Å²) >= 11 is 0. The summed E-state index contributed by atoms with van der Waals surface area (Å²) in [6.45, 7) is 4.25. The van der Waals surface area contributed by atoms with E-state index in [1.54, 1.807) is 4.90 Å². The molecule has 5 nitrogen and oxygen atoms in total. The molecule has 0 spiro atoms. The lowest BCUT2D eigenvalue weighted by molar-refractivity contribution is 0.175. The van der Waals surface area contributed by atoms with E-state index in [1.165, 1.54) is 12.1 Å². The van der Waals surface area contributed by atoms with Crippen molar-refractivity contribution in [1.29, 1.82) is 5.26 Å². The van der Waals surface area contributed by atoms with Gasteiger partial charge in [-0.25, -0.2) is 12.8 Å². The van der Waals surface area contributed by atoms with Crippen LogP contribution >= 0.6 is 0 Å². The molecule has 1 fully saturated rings. The molecule has 24 heavy (non-hydrogen) atoms. The van der Waals surface area contributed by atoms with Crippen molar-refractivity contribution in [2.45, 2.75) is 31.1 Å². The Kier molecular flexibility index (Phi) is 6.05. The minimum atomic E-state index is -3.56. The van der Waals surface area contributed by atoms with E-state index in [1.807, 2.05) is 0 Å². The molecule has 1 aromatic rings. The summed E-state index contributed by atoms with van der Waals surface area (Å²) in [7, 11) is -3.56. The Labute approximate surface area is 142 Å². The maximum absolute atomic E-state index is 13.8. The van der Waals surface area contributed by atoms with Gasteiger partial charge < -0.3 is 9.64 Å². The molecule has 7 heteroatoms. The van der Waals surface area contributed by atoms with Crippen LogP contribution in [-0.2, 0) is 9.84 Å². The first-order valence-electron chi connectivity index (χ1n) is 8.08. The molecule has 1 aromatic carbocycles. The Bertz CT molecular complexity index is 707. The van der Waals surface area contributed by atoms with Crippen LogP contribution in [0.25, 0.3) is 0 Å². The number of hydrogen-bond donors (Lipinski definition) is 0. The van der Waals surface area contributed by atoms with Crippen LogP contribution in [0.2, 0.25) is 0 Å². The zero-order valence-electron chi connectivity index (χ0n) is 14.0. The van der Waals surface area contributed by atoms with Gasteiger partial charge >= 0.3 is 0 Å². The Morgan fingerprint density at radius 3 is 2.62 bits per heavy atom. The Morgan fingerprint density at radius 2 is 2.08 bits per heavy atom. The van der Waals surface area contributed by atoms with Gasteiger partial charge in [-0.15, -0.1) is 0 Å². The molecule has 132 valence electrons.